The van der Waals surface area contributed by atoms with Crippen LogP contribution in [0.1, 0.15) is 23.7 Å². The van der Waals surface area contributed by atoms with Crippen LogP contribution in [-0.4, -0.2) is 32.3 Å². The molecule has 19 heavy (non-hydrogen) atoms. The molecule has 100 valence electrons. The first kappa shape index (κ1) is 13.2. The molecule has 0 aromatic heterocycles. The summed E-state index contributed by atoms with van der Waals surface area (Å²) in [6.07, 6.45) is 0.176. The fourth-order valence-electron chi connectivity index (χ4n) is 2.17. The quantitative estimate of drug-likeness (QED) is 0.761. The second-order valence-corrected chi connectivity index (χ2v) is 4.54. The van der Waals surface area contributed by atoms with Gasteiger partial charge in [0.2, 0.25) is 0 Å². The number of rotatable bonds is 2. The predicted molar refractivity (Wildman–Crippen MR) is 70.3 cm³/mol. The Morgan fingerprint density at radius 2 is 2.32 bits per heavy atom. The van der Waals surface area contributed by atoms with E-state index >= 15 is 0 Å². The summed E-state index contributed by atoms with van der Waals surface area (Å²) in [5, 5.41) is 8.81. The number of ether oxygens (including phenoxy) is 2. The highest BCUT2D eigenvalue weighted by atomic mass is 16.5. The van der Waals surface area contributed by atoms with E-state index in [4.69, 9.17) is 14.7 Å². The van der Waals surface area contributed by atoms with Crippen LogP contribution in [0.5, 0.6) is 5.75 Å². The molecule has 0 saturated carbocycles. The van der Waals surface area contributed by atoms with Gasteiger partial charge in [0.05, 0.1) is 36.9 Å². The molecule has 0 bridgehead atoms. The van der Waals surface area contributed by atoms with Gasteiger partial charge in [-0.1, -0.05) is 0 Å². The van der Waals surface area contributed by atoms with Gasteiger partial charge in [0.1, 0.15) is 11.9 Å². The number of methoxy groups -OCH3 is 1. The lowest BCUT2D eigenvalue weighted by atomic mass is 10.0. The van der Waals surface area contributed by atoms with Crippen molar-refractivity contribution in [3.05, 3.63) is 23.8 Å². The number of esters is 1. The van der Waals surface area contributed by atoms with Crippen molar-refractivity contribution in [1.82, 2.24) is 0 Å². The first-order valence-electron chi connectivity index (χ1n) is 6.07. The van der Waals surface area contributed by atoms with Gasteiger partial charge in [-0.15, -0.1) is 0 Å². The van der Waals surface area contributed by atoms with E-state index in [2.05, 4.69) is 6.07 Å². The highest BCUT2D eigenvalue weighted by Crippen LogP contribution is 2.36. The maximum atomic E-state index is 11.5. The Bertz CT molecular complexity index is 536. The van der Waals surface area contributed by atoms with Crippen LogP contribution in [0, 0.1) is 11.3 Å². The van der Waals surface area contributed by atoms with Crippen LogP contribution >= 0.6 is 0 Å². The topological polar surface area (TPSA) is 62.6 Å². The average molecular weight is 260 g/mol. The molecule has 0 aliphatic carbocycles. The smallest absolute Gasteiger partial charge is 0.337 e. The van der Waals surface area contributed by atoms with Crippen LogP contribution < -0.4 is 9.64 Å². The van der Waals surface area contributed by atoms with E-state index in [9.17, 15) is 4.79 Å². The van der Waals surface area contributed by atoms with Crippen LogP contribution in [0.3, 0.4) is 0 Å². The molecule has 1 aromatic rings. The summed E-state index contributed by atoms with van der Waals surface area (Å²) < 4.78 is 10.5. The van der Waals surface area contributed by atoms with Gasteiger partial charge in [-0.3, -0.25) is 0 Å². The summed E-state index contributed by atoms with van der Waals surface area (Å²) in [5.41, 5.74) is 1.33. The lowest BCUT2D eigenvalue weighted by molar-refractivity contribution is 0.0600. The molecule has 5 nitrogen and oxygen atoms in total. The zero-order chi connectivity index (χ0) is 14.0. The van der Waals surface area contributed by atoms with Gasteiger partial charge in [0, 0.05) is 7.05 Å². The third-order valence-electron chi connectivity index (χ3n) is 3.48. The Hall–Kier alpha value is -2.22. The number of benzene rings is 1. The second kappa shape index (κ2) is 5.19. The van der Waals surface area contributed by atoms with Crippen molar-refractivity contribution in [3.63, 3.8) is 0 Å². The summed E-state index contributed by atoms with van der Waals surface area (Å²) in [5.74, 6) is 0.316. The van der Waals surface area contributed by atoms with E-state index in [0.717, 1.165) is 5.69 Å². The summed E-state index contributed by atoms with van der Waals surface area (Å²) in [6, 6.07) is 7.36. The molecule has 0 N–H and O–H groups in total. The fraction of sp³-hybridized carbons (Fsp3) is 0.429. The summed E-state index contributed by atoms with van der Waals surface area (Å²) >= 11 is 0. The largest absolute Gasteiger partial charge is 0.485 e. The molecule has 2 unspecified atom stereocenters. The van der Waals surface area contributed by atoms with Crippen molar-refractivity contribution in [3.8, 4) is 11.8 Å². The molecular weight excluding hydrogens is 244 g/mol. The molecule has 0 fully saturated rings. The van der Waals surface area contributed by atoms with Gasteiger partial charge in [-0.2, -0.15) is 5.26 Å². The Morgan fingerprint density at radius 3 is 2.95 bits per heavy atom. The van der Waals surface area contributed by atoms with Crippen molar-refractivity contribution in [2.24, 2.45) is 0 Å². The Morgan fingerprint density at radius 1 is 1.58 bits per heavy atom. The van der Waals surface area contributed by atoms with Gasteiger partial charge < -0.3 is 14.4 Å². The van der Waals surface area contributed by atoms with Gasteiger partial charge >= 0.3 is 5.97 Å². The first-order chi connectivity index (χ1) is 9.08. The highest BCUT2D eigenvalue weighted by Gasteiger charge is 2.31. The van der Waals surface area contributed by atoms with Gasteiger partial charge in [0.25, 0.3) is 0 Å². The summed E-state index contributed by atoms with van der Waals surface area (Å²) in [7, 11) is 3.28. The van der Waals surface area contributed by atoms with Crippen molar-refractivity contribution >= 4 is 11.7 Å². The molecule has 0 amide bonds. The monoisotopic (exact) mass is 260 g/mol. The molecule has 1 aliphatic rings. The van der Waals surface area contributed by atoms with Crippen LogP contribution in [0.15, 0.2) is 18.2 Å². The maximum absolute atomic E-state index is 11.5. The number of carbonyl (C=O) groups is 1. The van der Waals surface area contributed by atoms with Crippen molar-refractivity contribution < 1.29 is 14.3 Å². The molecular formula is C14H16N2O3. The van der Waals surface area contributed by atoms with Gasteiger partial charge in [0.15, 0.2) is 0 Å². The van der Waals surface area contributed by atoms with E-state index in [0.29, 0.717) is 17.7 Å². The Balaban J connectivity index is 2.36. The van der Waals surface area contributed by atoms with Crippen LogP contribution in [0.25, 0.3) is 0 Å². The van der Waals surface area contributed by atoms with Gasteiger partial charge in [-0.25, -0.2) is 4.79 Å². The molecule has 0 spiro atoms. The molecule has 5 heteroatoms. The third-order valence-corrected chi connectivity index (χ3v) is 3.48. The van der Waals surface area contributed by atoms with Crippen LogP contribution in [0.2, 0.25) is 0 Å². The van der Waals surface area contributed by atoms with E-state index in [-0.39, 0.29) is 18.1 Å². The van der Waals surface area contributed by atoms with Crippen molar-refractivity contribution in [1.29, 1.82) is 5.26 Å². The molecule has 2 atom stereocenters. The highest BCUT2D eigenvalue weighted by molar-refractivity contribution is 5.91. The molecule has 0 radical (unpaired) electrons. The predicted octanol–water partition coefficient (Wildman–Crippen LogP) is 1.97. The number of fused-ring (bicyclic) bond motifs is 1. The molecule has 0 saturated heterocycles. The third kappa shape index (κ3) is 2.34. The minimum Gasteiger partial charge on any atom is -0.485 e. The first-order valence-corrected chi connectivity index (χ1v) is 6.07. The lowest BCUT2D eigenvalue weighted by Gasteiger charge is -2.39. The van der Waals surface area contributed by atoms with Gasteiger partial charge in [-0.05, 0) is 25.1 Å². The molecule has 1 aromatic carbocycles. The minimum absolute atomic E-state index is 0.0695. The number of anilines is 1. The van der Waals surface area contributed by atoms with E-state index in [1.54, 1.807) is 18.2 Å². The SMILES string of the molecule is COC(=O)c1ccc2c(c1)N(C)C(C)C(CC#N)O2. The average Bonchev–Trinajstić information content (AvgIpc) is 2.43. The normalized spacial score (nSPS) is 21.1. The fourth-order valence-corrected chi connectivity index (χ4v) is 2.17. The Labute approximate surface area is 112 Å². The van der Waals surface area contributed by atoms with Crippen molar-refractivity contribution in [2.75, 3.05) is 19.1 Å². The Kier molecular flexibility index (Phi) is 3.61. The van der Waals surface area contributed by atoms with E-state index in [1.807, 2.05) is 18.9 Å². The number of carbonyl (C=O) groups excluding carboxylic acids is 1. The zero-order valence-corrected chi connectivity index (χ0v) is 11.2. The number of hydrogen-bond donors (Lipinski definition) is 0. The molecule has 2 rings (SSSR count). The van der Waals surface area contributed by atoms with E-state index in [1.165, 1.54) is 7.11 Å². The second-order valence-electron chi connectivity index (χ2n) is 4.54. The number of nitrogens with zero attached hydrogens (tertiary/aromatic N) is 2. The number of hydrogen-bond acceptors (Lipinski definition) is 5. The van der Waals surface area contributed by atoms with Crippen molar-refractivity contribution in [2.45, 2.75) is 25.5 Å². The minimum atomic E-state index is -0.372. The van der Waals surface area contributed by atoms with Crippen LogP contribution in [0.4, 0.5) is 5.69 Å². The molecule has 1 heterocycles. The maximum Gasteiger partial charge on any atom is 0.337 e. The van der Waals surface area contributed by atoms with Crippen LogP contribution in [-0.2, 0) is 4.74 Å². The lowest BCUT2D eigenvalue weighted by Crippen LogP contribution is -2.45. The summed E-state index contributed by atoms with van der Waals surface area (Å²) in [6.45, 7) is 2.00. The zero-order valence-electron chi connectivity index (χ0n) is 11.2. The van der Waals surface area contributed by atoms with E-state index < -0.39 is 0 Å². The standard InChI is InChI=1S/C14H16N2O3/c1-9-12(6-7-15)19-13-5-4-10(14(17)18-3)8-11(13)16(9)2/h4-5,8-9,12H,6H2,1-3H3. The molecule has 1 aliphatic heterocycles. The number of likely N-dealkylation sites (N-methyl/N-ethyl adjacent to an activating group) is 1. The number of nitriles is 1. The summed E-state index contributed by atoms with van der Waals surface area (Å²) in [4.78, 5) is 13.6.